The maximum absolute atomic E-state index is 6.34. The van der Waals surface area contributed by atoms with Gasteiger partial charge in [-0.3, -0.25) is 4.90 Å². The number of piperazine rings is 1. The fraction of sp³-hybridized carbons (Fsp3) is 1.00. The van der Waals surface area contributed by atoms with Crippen LogP contribution in [0.5, 0.6) is 0 Å². The summed E-state index contributed by atoms with van der Waals surface area (Å²) in [4.78, 5) is 4.74. The van der Waals surface area contributed by atoms with E-state index in [0.29, 0.717) is 13.2 Å². The van der Waals surface area contributed by atoms with E-state index in [1.807, 2.05) is 13.8 Å². The van der Waals surface area contributed by atoms with Gasteiger partial charge < -0.3 is 18.2 Å². The van der Waals surface area contributed by atoms with Crippen molar-refractivity contribution in [3.63, 3.8) is 0 Å². The summed E-state index contributed by atoms with van der Waals surface area (Å²) in [6, 6.07) is 0.896. The molecule has 120 valence electrons. The van der Waals surface area contributed by atoms with Crippen LogP contribution in [0.4, 0.5) is 0 Å². The lowest BCUT2D eigenvalue weighted by Gasteiger charge is -2.40. The van der Waals surface area contributed by atoms with Gasteiger partial charge in [0.15, 0.2) is 0 Å². The molecule has 1 unspecified atom stereocenters. The van der Waals surface area contributed by atoms with Crippen LogP contribution in [-0.4, -0.2) is 71.3 Å². The second-order valence-electron chi connectivity index (χ2n) is 5.36. The van der Waals surface area contributed by atoms with Crippen LogP contribution in [0.3, 0.4) is 0 Å². The zero-order valence-corrected chi connectivity index (χ0v) is 14.9. The van der Waals surface area contributed by atoms with Gasteiger partial charge in [0.05, 0.1) is 0 Å². The monoisotopic (exact) mass is 304 g/mol. The van der Waals surface area contributed by atoms with Crippen LogP contribution in [0.2, 0.25) is 6.04 Å². The van der Waals surface area contributed by atoms with E-state index in [0.717, 1.165) is 38.6 Å². The molecular weight excluding hydrogens is 272 g/mol. The van der Waals surface area contributed by atoms with Crippen molar-refractivity contribution in [3.05, 3.63) is 0 Å². The van der Waals surface area contributed by atoms with Crippen molar-refractivity contribution in [3.8, 4) is 0 Å². The minimum Gasteiger partial charge on any atom is -0.374 e. The van der Waals surface area contributed by atoms with Crippen LogP contribution in [0.1, 0.15) is 34.1 Å². The molecule has 6 heteroatoms. The third kappa shape index (κ3) is 5.42. The molecule has 1 heterocycles. The summed E-state index contributed by atoms with van der Waals surface area (Å²) in [5, 5.41) is 0. The Balaban J connectivity index is 2.62. The molecule has 0 aromatic heterocycles. The molecule has 0 saturated carbocycles. The van der Waals surface area contributed by atoms with Crippen molar-refractivity contribution in [2.75, 3.05) is 46.4 Å². The summed E-state index contributed by atoms with van der Waals surface area (Å²) < 4.78 is 18.2. The number of likely N-dealkylation sites (N-methyl/N-ethyl adjacent to an activating group) is 1. The summed E-state index contributed by atoms with van der Waals surface area (Å²) in [6.07, 6.45) is 1.10. The topological polar surface area (TPSA) is 34.2 Å². The molecule has 1 atom stereocenters. The molecule has 1 rings (SSSR count). The third-order valence-electron chi connectivity index (χ3n) is 3.69. The quantitative estimate of drug-likeness (QED) is 0.609. The minimum absolute atomic E-state index is 0.0695. The summed E-state index contributed by atoms with van der Waals surface area (Å²) in [5.41, 5.74) is 0. The van der Waals surface area contributed by atoms with Crippen LogP contribution in [0, 0.1) is 0 Å². The van der Waals surface area contributed by atoms with Gasteiger partial charge in [0.25, 0.3) is 0 Å². The average Bonchev–Trinajstić information content (AvgIpc) is 2.40. The van der Waals surface area contributed by atoms with Gasteiger partial charge >= 0.3 is 8.80 Å². The molecule has 20 heavy (non-hydrogen) atoms. The van der Waals surface area contributed by atoms with Gasteiger partial charge in [0.2, 0.25) is 0 Å². The van der Waals surface area contributed by atoms with Crippen LogP contribution in [0.15, 0.2) is 0 Å². The number of hydrogen-bond acceptors (Lipinski definition) is 5. The molecule has 0 aromatic carbocycles. The highest BCUT2D eigenvalue weighted by Gasteiger charge is 2.42. The highest BCUT2D eigenvalue weighted by Crippen LogP contribution is 2.21. The first-order valence-electron chi connectivity index (χ1n) is 7.95. The average molecular weight is 305 g/mol. The fourth-order valence-electron chi connectivity index (χ4n) is 2.58. The molecule has 0 amide bonds. The van der Waals surface area contributed by atoms with Crippen molar-refractivity contribution in [1.29, 1.82) is 0 Å². The molecule has 1 aliphatic rings. The summed E-state index contributed by atoms with van der Waals surface area (Å²) >= 11 is 0. The van der Waals surface area contributed by atoms with E-state index in [2.05, 4.69) is 30.7 Å². The highest BCUT2D eigenvalue weighted by molar-refractivity contribution is 6.60. The zero-order chi connectivity index (χ0) is 15.0. The molecule has 0 aromatic rings. The van der Waals surface area contributed by atoms with Gasteiger partial charge in [0.1, 0.15) is 6.23 Å². The van der Waals surface area contributed by atoms with E-state index in [9.17, 15) is 0 Å². The first-order chi connectivity index (χ1) is 9.56. The SMILES string of the molecule is CCC[Si](OCC)(OCC)OC(C)N1CCN(C)CC1. The van der Waals surface area contributed by atoms with E-state index in [4.69, 9.17) is 13.3 Å². The number of hydrogen-bond donors (Lipinski definition) is 0. The Morgan fingerprint density at radius 3 is 2.00 bits per heavy atom. The lowest BCUT2D eigenvalue weighted by molar-refractivity contribution is -0.0479. The van der Waals surface area contributed by atoms with Crippen LogP contribution in [-0.2, 0) is 13.3 Å². The second kappa shape index (κ2) is 9.12. The lowest BCUT2D eigenvalue weighted by atomic mass is 10.3. The minimum atomic E-state index is -2.51. The molecule has 0 spiro atoms. The Kier molecular flexibility index (Phi) is 8.24. The van der Waals surface area contributed by atoms with E-state index >= 15 is 0 Å². The van der Waals surface area contributed by atoms with Gasteiger partial charge in [-0.15, -0.1) is 0 Å². The van der Waals surface area contributed by atoms with Gasteiger partial charge in [-0.2, -0.15) is 0 Å². The summed E-state index contributed by atoms with van der Waals surface area (Å²) in [7, 11) is -0.349. The molecule has 0 radical (unpaired) electrons. The molecular formula is C14H32N2O3Si. The molecule has 5 nitrogen and oxygen atoms in total. The van der Waals surface area contributed by atoms with Crippen molar-refractivity contribution < 1.29 is 13.3 Å². The number of nitrogens with zero attached hydrogens (tertiary/aromatic N) is 2. The van der Waals surface area contributed by atoms with E-state index in [-0.39, 0.29) is 6.23 Å². The maximum Gasteiger partial charge on any atom is 0.502 e. The van der Waals surface area contributed by atoms with Crippen molar-refractivity contribution in [2.24, 2.45) is 0 Å². The van der Waals surface area contributed by atoms with Crippen LogP contribution >= 0.6 is 0 Å². The summed E-state index contributed by atoms with van der Waals surface area (Å²) in [6.45, 7) is 13.9. The predicted octanol–water partition coefficient (Wildman–Crippen LogP) is 2.02. The number of rotatable bonds is 9. The van der Waals surface area contributed by atoms with Crippen LogP contribution < -0.4 is 0 Å². The molecule has 1 aliphatic heterocycles. The first kappa shape index (κ1) is 18.1. The van der Waals surface area contributed by atoms with E-state index < -0.39 is 8.80 Å². The maximum atomic E-state index is 6.34. The second-order valence-corrected chi connectivity index (χ2v) is 8.03. The fourth-order valence-corrected chi connectivity index (χ4v) is 5.37. The first-order valence-corrected chi connectivity index (χ1v) is 9.88. The molecule has 0 aliphatic carbocycles. The Bertz CT molecular complexity index is 244. The molecule has 1 saturated heterocycles. The lowest BCUT2D eigenvalue weighted by Crippen LogP contribution is -2.55. The highest BCUT2D eigenvalue weighted by atomic mass is 28.4. The Hall–Kier alpha value is 0.0169. The Labute approximate surface area is 125 Å². The standard InChI is InChI=1S/C14H32N2O3Si/c1-6-13-20(17-7-2,18-8-3)19-14(4)16-11-9-15(5)10-12-16/h14H,6-13H2,1-5H3. The zero-order valence-electron chi connectivity index (χ0n) is 13.9. The van der Waals surface area contributed by atoms with Gasteiger partial charge in [-0.1, -0.05) is 13.3 Å². The largest absolute Gasteiger partial charge is 0.502 e. The third-order valence-corrected chi connectivity index (χ3v) is 6.96. The van der Waals surface area contributed by atoms with Crippen molar-refractivity contribution >= 4 is 8.80 Å². The Morgan fingerprint density at radius 1 is 1.00 bits per heavy atom. The van der Waals surface area contributed by atoms with Crippen LogP contribution in [0.25, 0.3) is 0 Å². The normalized spacial score (nSPS) is 20.2. The van der Waals surface area contributed by atoms with Gasteiger partial charge in [0, 0.05) is 45.4 Å². The van der Waals surface area contributed by atoms with E-state index in [1.165, 1.54) is 0 Å². The van der Waals surface area contributed by atoms with Gasteiger partial charge in [-0.25, -0.2) is 0 Å². The smallest absolute Gasteiger partial charge is 0.374 e. The summed E-state index contributed by atoms with van der Waals surface area (Å²) in [5.74, 6) is 0. The molecule has 0 N–H and O–H groups in total. The molecule has 1 fully saturated rings. The van der Waals surface area contributed by atoms with E-state index in [1.54, 1.807) is 0 Å². The predicted molar refractivity (Wildman–Crippen MR) is 83.7 cm³/mol. The van der Waals surface area contributed by atoms with Gasteiger partial charge in [-0.05, 0) is 27.8 Å². The van der Waals surface area contributed by atoms with Crippen molar-refractivity contribution in [2.45, 2.75) is 46.4 Å². The van der Waals surface area contributed by atoms with Crippen molar-refractivity contribution in [1.82, 2.24) is 9.80 Å². The Morgan fingerprint density at radius 2 is 1.55 bits per heavy atom. The molecule has 0 bridgehead atoms.